The van der Waals surface area contributed by atoms with Gasteiger partial charge in [-0.15, -0.1) is 0 Å². The van der Waals surface area contributed by atoms with E-state index < -0.39 is 0 Å². The number of para-hydroxylation sites is 1. The van der Waals surface area contributed by atoms with Crippen molar-refractivity contribution in [2.45, 2.75) is 13.3 Å². The molecule has 0 fully saturated rings. The van der Waals surface area contributed by atoms with Crippen LogP contribution in [-0.2, 0) is 4.74 Å². The van der Waals surface area contributed by atoms with Crippen LogP contribution in [0.15, 0.2) is 42.6 Å². The minimum Gasteiger partial charge on any atom is -0.385 e. The molecule has 1 amide bonds. The number of hydrogen-bond donors (Lipinski definition) is 2. The number of anilines is 2. The van der Waals surface area contributed by atoms with Gasteiger partial charge in [-0.1, -0.05) is 18.2 Å². The van der Waals surface area contributed by atoms with Gasteiger partial charge in [-0.25, -0.2) is 4.98 Å². The summed E-state index contributed by atoms with van der Waals surface area (Å²) in [5, 5.41) is 6.10. The first kappa shape index (κ1) is 16.0. The number of aromatic nitrogens is 1. The van der Waals surface area contributed by atoms with E-state index in [-0.39, 0.29) is 5.91 Å². The number of amides is 1. The summed E-state index contributed by atoms with van der Waals surface area (Å²) < 4.78 is 4.99. The van der Waals surface area contributed by atoms with Gasteiger partial charge in [0.15, 0.2) is 0 Å². The third kappa shape index (κ3) is 4.56. The molecule has 0 radical (unpaired) electrons. The Morgan fingerprint density at radius 3 is 2.73 bits per heavy atom. The molecule has 0 bridgehead atoms. The van der Waals surface area contributed by atoms with Crippen LogP contribution in [0.5, 0.6) is 0 Å². The van der Waals surface area contributed by atoms with Crippen molar-refractivity contribution in [1.29, 1.82) is 0 Å². The molecule has 1 heterocycles. The second-order valence-electron chi connectivity index (χ2n) is 4.97. The Morgan fingerprint density at radius 2 is 2.05 bits per heavy atom. The van der Waals surface area contributed by atoms with E-state index >= 15 is 0 Å². The minimum absolute atomic E-state index is 0.208. The second-order valence-corrected chi connectivity index (χ2v) is 4.97. The molecule has 0 saturated carbocycles. The first-order valence-corrected chi connectivity index (χ1v) is 7.26. The zero-order valence-electron chi connectivity index (χ0n) is 12.9. The lowest BCUT2D eigenvalue weighted by molar-refractivity contribution is 0.102. The number of pyridine rings is 1. The lowest BCUT2D eigenvalue weighted by atomic mass is 10.2. The Hall–Kier alpha value is -2.40. The summed E-state index contributed by atoms with van der Waals surface area (Å²) in [7, 11) is 1.68. The predicted molar refractivity (Wildman–Crippen MR) is 88.4 cm³/mol. The maximum atomic E-state index is 12.2. The van der Waals surface area contributed by atoms with Crippen molar-refractivity contribution in [3.8, 4) is 0 Å². The van der Waals surface area contributed by atoms with Crippen molar-refractivity contribution in [2.75, 3.05) is 30.9 Å². The van der Waals surface area contributed by atoms with Crippen molar-refractivity contribution in [2.24, 2.45) is 0 Å². The fraction of sp³-hybridized carbons (Fsp3) is 0.294. The molecule has 0 unspecified atom stereocenters. The third-order valence-corrected chi connectivity index (χ3v) is 3.24. The molecule has 0 saturated heterocycles. The van der Waals surface area contributed by atoms with E-state index in [1.54, 1.807) is 19.4 Å². The predicted octanol–water partition coefficient (Wildman–Crippen LogP) is 3.09. The van der Waals surface area contributed by atoms with Gasteiger partial charge in [-0.05, 0) is 37.1 Å². The lowest BCUT2D eigenvalue weighted by Gasteiger charge is -2.09. The number of hydrogen-bond acceptors (Lipinski definition) is 4. The molecule has 5 nitrogen and oxygen atoms in total. The van der Waals surface area contributed by atoms with Crippen molar-refractivity contribution in [1.82, 2.24) is 4.98 Å². The van der Waals surface area contributed by atoms with E-state index in [9.17, 15) is 4.79 Å². The molecular formula is C17H21N3O2. The van der Waals surface area contributed by atoms with Gasteiger partial charge in [0, 0.05) is 25.9 Å². The number of rotatable bonds is 7. The standard InChI is InChI=1S/C17H21N3O2/c1-13-6-3-4-7-15(13)20-17(21)16-9-8-14(12-19-16)18-10-5-11-22-2/h3-4,6-9,12,18H,5,10-11H2,1-2H3,(H,20,21). The molecule has 2 N–H and O–H groups in total. The number of aryl methyl sites for hydroxylation is 1. The highest BCUT2D eigenvalue weighted by atomic mass is 16.5. The zero-order valence-corrected chi connectivity index (χ0v) is 12.9. The molecule has 1 aromatic heterocycles. The first-order chi connectivity index (χ1) is 10.7. The maximum Gasteiger partial charge on any atom is 0.274 e. The van der Waals surface area contributed by atoms with Crippen LogP contribution in [0.1, 0.15) is 22.5 Å². The first-order valence-electron chi connectivity index (χ1n) is 7.26. The quantitative estimate of drug-likeness (QED) is 0.771. The van der Waals surface area contributed by atoms with E-state index in [1.807, 2.05) is 37.3 Å². The number of ether oxygens (including phenoxy) is 1. The summed E-state index contributed by atoms with van der Waals surface area (Å²) in [6.07, 6.45) is 2.59. The molecular weight excluding hydrogens is 278 g/mol. The van der Waals surface area contributed by atoms with Crippen LogP contribution in [0.25, 0.3) is 0 Å². The number of methoxy groups -OCH3 is 1. The smallest absolute Gasteiger partial charge is 0.274 e. The van der Waals surface area contributed by atoms with Crippen molar-refractivity contribution < 1.29 is 9.53 Å². The molecule has 1 aromatic carbocycles. The van der Waals surface area contributed by atoms with E-state index in [4.69, 9.17) is 4.74 Å². The molecule has 0 aliphatic heterocycles. The zero-order chi connectivity index (χ0) is 15.8. The topological polar surface area (TPSA) is 63.2 Å². The Balaban J connectivity index is 1.92. The van der Waals surface area contributed by atoms with Crippen LogP contribution in [-0.4, -0.2) is 31.2 Å². The van der Waals surface area contributed by atoms with E-state index in [1.165, 1.54) is 0 Å². The molecule has 2 aromatic rings. The molecule has 0 spiro atoms. The number of carbonyl (C=O) groups is 1. The van der Waals surface area contributed by atoms with Gasteiger partial charge in [-0.2, -0.15) is 0 Å². The highest BCUT2D eigenvalue weighted by Gasteiger charge is 2.08. The summed E-state index contributed by atoms with van der Waals surface area (Å²) in [6.45, 7) is 3.48. The van der Waals surface area contributed by atoms with Crippen LogP contribution >= 0.6 is 0 Å². The lowest BCUT2D eigenvalue weighted by Crippen LogP contribution is -2.14. The fourth-order valence-corrected chi connectivity index (χ4v) is 1.98. The van der Waals surface area contributed by atoms with Gasteiger partial charge in [0.05, 0.1) is 11.9 Å². The molecule has 0 aliphatic carbocycles. The summed E-state index contributed by atoms with van der Waals surface area (Å²) in [5.74, 6) is -0.208. The average Bonchev–Trinajstić information content (AvgIpc) is 2.54. The Labute approximate surface area is 130 Å². The van der Waals surface area contributed by atoms with Crippen LogP contribution in [0.4, 0.5) is 11.4 Å². The molecule has 0 aliphatic rings. The molecule has 2 rings (SSSR count). The fourth-order valence-electron chi connectivity index (χ4n) is 1.98. The van der Waals surface area contributed by atoms with Crippen LogP contribution in [0.2, 0.25) is 0 Å². The number of benzene rings is 1. The van der Waals surface area contributed by atoms with E-state index in [0.717, 1.165) is 36.5 Å². The van der Waals surface area contributed by atoms with Crippen LogP contribution in [0.3, 0.4) is 0 Å². The van der Waals surface area contributed by atoms with Gasteiger partial charge in [-0.3, -0.25) is 4.79 Å². The average molecular weight is 299 g/mol. The Morgan fingerprint density at radius 1 is 1.23 bits per heavy atom. The van der Waals surface area contributed by atoms with Crippen molar-refractivity contribution >= 4 is 17.3 Å². The third-order valence-electron chi connectivity index (χ3n) is 3.24. The highest BCUT2D eigenvalue weighted by molar-refractivity contribution is 6.03. The Bertz CT molecular complexity index is 612. The summed E-state index contributed by atoms with van der Waals surface area (Å²) >= 11 is 0. The van der Waals surface area contributed by atoms with E-state index in [0.29, 0.717) is 5.69 Å². The molecule has 0 atom stereocenters. The number of carbonyl (C=O) groups excluding carboxylic acids is 1. The van der Waals surface area contributed by atoms with Gasteiger partial charge < -0.3 is 15.4 Å². The minimum atomic E-state index is -0.208. The summed E-state index contributed by atoms with van der Waals surface area (Å²) in [4.78, 5) is 16.4. The summed E-state index contributed by atoms with van der Waals surface area (Å²) in [6, 6.07) is 11.2. The number of nitrogens with one attached hydrogen (secondary N) is 2. The largest absolute Gasteiger partial charge is 0.385 e. The molecule has 116 valence electrons. The van der Waals surface area contributed by atoms with Gasteiger partial charge in [0.1, 0.15) is 5.69 Å². The molecule has 22 heavy (non-hydrogen) atoms. The van der Waals surface area contributed by atoms with Crippen LogP contribution in [0, 0.1) is 6.92 Å². The van der Waals surface area contributed by atoms with Crippen LogP contribution < -0.4 is 10.6 Å². The van der Waals surface area contributed by atoms with E-state index in [2.05, 4.69) is 15.6 Å². The number of nitrogens with zero attached hydrogens (tertiary/aromatic N) is 1. The second kappa shape index (κ2) is 8.14. The van der Waals surface area contributed by atoms with Gasteiger partial charge in [0.25, 0.3) is 5.91 Å². The molecule has 5 heteroatoms. The van der Waals surface area contributed by atoms with Gasteiger partial charge in [0.2, 0.25) is 0 Å². The van der Waals surface area contributed by atoms with Crippen molar-refractivity contribution in [3.63, 3.8) is 0 Å². The summed E-state index contributed by atoms with van der Waals surface area (Å²) in [5.41, 5.74) is 3.11. The normalized spacial score (nSPS) is 10.3. The highest BCUT2D eigenvalue weighted by Crippen LogP contribution is 2.14. The van der Waals surface area contributed by atoms with Crippen molar-refractivity contribution in [3.05, 3.63) is 53.9 Å². The maximum absolute atomic E-state index is 12.2. The van der Waals surface area contributed by atoms with Gasteiger partial charge >= 0.3 is 0 Å². The SMILES string of the molecule is COCCCNc1ccc(C(=O)Nc2ccccc2C)nc1. The Kier molecular flexibility index (Phi) is 5.91. The monoisotopic (exact) mass is 299 g/mol.